The highest BCUT2D eigenvalue weighted by atomic mass is 79.9. The van der Waals surface area contributed by atoms with Crippen molar-refractivity contribution in [2.45, 2.75) is 6.92 Å². The molecule has 0 aliphatic rings. The summed E-state index contributed by atoms with van der Waals surface area (Å²) in [7, 11) is 0. The molecular formula is C15H11BrN4O2S. The van der Waals surface area contributed by atoms with Gasteiger partial charge in [0.2, 0.25) is 4.77 Å². The standard InChI is InChI=1S/C15H11BrN4O2S/c1-9-14(21)20(15(23)19-18-9)17-8-12-6-7-13(22-12)10-2-4-11(16)5-3-10/h2-8H,1H3,(H,19,23)/b17-8-. The van der Waals surface area contributed by atoms with Gasteiger partial charge >= 0.3 is 0 Å². The zero-order valence-electron chi connectivity index (χ0n) is 12.0. The number of nitrogens with one attached hydrogen (secondary N) is 1. The lowest BCUT2D eigenvalue weighted by Gasteiger charge is -1.98. The molecule has 1 N–H and O–H groups in total. The molecule has 1 aromatic carbocycles. The summed E-state index contributed by atoms with van der Waals surface area (Å²) in [5.74, 6) is 1.22. The van der Waals surface area contributed by atoms with Crippen LogP contribution in [0.15, 0.2) is 55.2 Å². The molecule has 0 bridgehead atoms. The molecule has 6 nitrogen and oxygen atoms in total. The van der Waals surface area contributed by atoms with Crippen molar-refractivity contribution in [3.63, 3.8) is 0 Å². The maximum Gasteiger partial charge on any atom is 0.296 e. The summed E-state index contributed by atoms with van der Waals surface area (Å²) in [6.07, 6.45) is 1.44. The average Bonchev–Trinajstić information content (AvgIpc) is 3.01. The van der Waals surface area contributed by atoms with E-state index in [-0.39, 0.29) is 16.0 Å². The van der Waals surface area contributed by atoms with Crippen molar-refractivity contribution in [3.05, 3.63) is 67.4 Å². The lowest BCUT2D eigenvalue weighted by atomic mass is 10.2. The Kier molecular flexibility index (Phi) is 4.35. The summed E-state index contributed by atoms with van der Waals surface area (Å²) < 4.78 is 7.89. The zero-order valence-corrected chi connectivity index (χ0v) is 14.4. The van der Waals surface area contributed by atoms with Gasteiger partial charge in [-0.1, -0.05) is 28.1 Å². The molecule has 0 aliphatic heterocycles. The van der Waals surface area contributed by atoms with Crippen LogP contribution in [-0.4, -0.2) is 21.1 Å². The van der Waals surface area contributed by atoms with Gasteiger partial charge in [-0.2, -0.15) is 14.9 Å². The Hall–Kier alpha value is -2.32. The molecule has 3 rings (SSSR count). The normalized spacial score (nSPS) is 11.2. The number of aromatic nitrogens is 3. The third-order valence-corrected chi connectivity index (χ3v) is 3.86. The van der Waals surface area contributed by atoms with E-state index >= 15 is 0 Å². The fraction of sp³-hybridized carbons (Fsp3) is 0.0667. The molecule has 8 heteroatoms. The van der Waals surface area contributed by atoms with Gasteiger partial charge in [-0.25, -0.2) is 0 Å². The van der Waals surface area contributed by atoms with Gasteiger partial charge in [0.25, 0.3) is 5.56 Å². The highest BCUT2D eigenvalue weighted by molar-refractivity contribution is 9.10. The van der Waals surface area contributed by atoms with Crippen molar-refractivity contribution in [2.75, 3.05) is 0 Å². The van der Waals surface area contributed by atoms with E-state index in [1.54, 1.807) is 13.0 Å². The van der Waals surface area contributed by atoms with Gasteiger partial charge in [-0.05, 0) is 43.4 Å². The van der Waals surface area contributed by atoms with Crippen LogP contribution in [0.1, 0.15) is 11.5 Å². The van der Waals surface area contributed by atoms with Gasteiger partial charge in [-0.3, -0.25) is 9.89 Å². The van der Waals surface area contributed by atoms with E-state index in [0.29, 0.717) is 11.5 Å². The third-order valence-electron chi connectivity index (χ3n) is 3.07. The summed E-state index contributed by atoms with van der Waals surface area (Å²) in [5.41, 5.74) is 0.859. The van der Waals surface area contributed by atoms with Gasteiger partial charge in [-0.15, -0.1) is 0 Å². The number of hydrogen-bond donors (Lipinski definition) is 1. The summed E-state index contributed by atoms with van der Waals surface area (Å²) in [5, 5.41) is 10.4. The van der Waals surface area contributed by atoms with Crippen LogP contribution < -0.4 is 5.56 Å². The lowest BCUT2D eigenvalue weighted by Crippen LogP contribution is -2.22. The summed E-state index contributed by atoms with van der Waals surface area (Å²) in [6.45, 7) is 1.58. The molecule has 0 saturated carbocycles. The summed E-state index contributed by atoms with van der Waals surface area (Å²) in [4.78, 5) is 11.9. The number of nitrogens with zero attached hydrogens (tertiary/aromatic N) is 3. The highest BCUT2D eigenvalue weighted by Crippen LogP contribution is 2.23. The Morgan fingerprint density at radius 1 is 1.30 bits per heavy atom. The first kappa shape index (κ1) is 15.6. The highest BCUT2D eigenvalue weighted by Gasteiger charge is 2.04. The van der Waals surface area contributed by atoms with E-state index in [1.165, 1.54) is 6.21 Å². The van der Waals surface area contributed by atoms with Crippen LogP contribution in [0.4, 0.5) is 0 Å². The maximum atomic E-state index is 11.9. The summed E-state index contributed by atoms with van der Waals surface area (Å²) in [6, 6.07) is 11.4. The monoisotopic (exact) mass is 390 g/mol. The molecule has 0 fully saturated rings. The Labute approximate surface area is 144 Å². The minimum absolute atomic E-state index is 0.122. The first-order valence-corrected chi connectivity index (χ1v) is 7.83. The largest absolute Gasteiger partial charge is 0.455 e. The fourth-order valence-electron chi connectivity index (χ4n) is 1.88. The Balaban J connectivity index is 1.90. The number of rotatable bonds is 3. The van der Waals surface area contributed by atoms with Crippen molar-refractivity contribution >= 4 is 34.4 Å². The number of halogens is 1. The predicted molar refractivity (Wildman–Crippen MR) is 93.3 cm³/mol. The molecule has 0 aliphatic carbocycles. The molecule has 3 aromatic rings. The van der Waals surface area contributed by atoms with Crippen molar-refractivity contribution in [3.8, 4) is 11.3 Å². The van der Waals surface area contributed by atoms with Crippen molar-refractivity contribution in [1.29, 1.82) is 0 Å². The smallest absolute Gasteiger partial charge is 0.296 e. The van der Waals surface area contributed by atoms with Crippen LogP contribution in [0.3, 0.4) is 0 Å². The number of benzene rings is 1. The van der Waals surface area contributed by atoms with Crippen LogP contribution in [0.5, 0.6) is 0 Å². The predicted octanol–water partition coefficient (Wildman–Crippen LogP) is 3.51. The van der Waals surface area contributed by atoms with E-state index in [2.05, 4.69) is 31.2 Å². The second kappa shape index (κ2) is 6.43. The fourth-order valence-corrected chi connectivity index (χ4v) is 2.32. The third kappa shape index (κ3) is 3.38. The molecule has 0 atom stereocenters. The van der Waals surface area contributed by atoms with Gasteiger partial charge in [0.15, 0.2) is 0 Å². The minimum atomic E-state index is -0.371. The van der Waals surface area contributed by atoms with Crippen LogP contribution in [0.2, 0.25) is 0 Å². The number of hydrogen-bond acceptors (Lipinski definition) is 5. The quantitative estimate of drug-likeness (QED) is 0.548. The van der Waals surface area contributed by atoms with Crippen LogP contribution in [0.25, 0.3) is 11.3 Å². The number of furan rings is 1. The van der Waals surface area contributed by atoms with Crippen molar-refractivity contribution in [1.82, 2.24) is 14.9 Å². The number of H-pyrrole nitrogens is 1. The van der Waals surface area contributed by atoms with Crippen molar-refractivity contribution in [2.24, 2.45) is 5.10 Å². The van der Waals surface area contributed by atoms with Gasteiger partial charge in [0.05, 0.1) is 6.21 Å². The van der Waals surface area contributed by atoms with Gasteiger partial charge in [0.1, 0.15) is 17.2 Å². The van der Waals surface area contributed by atoms with Crippen LogP contribution in [0, 0.1) is 11.7 Å². The molecule has 116 valence electrons. The van der Waals surface area contributed by atoms with E-state index in [0.717, 1.165) is 14.7 Å². The zero-order chi connectivity index (χ0) is 16.4. The Morgan fingerprint density at radius 2 is 2.04 bits per heavy atom. The van der Waals surface area contributed by atoms with Gasteiger partial charge in [0, 0.05) is 10.0 Å². The first-order chi connectivity index (χ1) is 11.0. The minimum Gasteiger partial charge on any atom is -0.455 e. The van der Waals surface area contributed by atoms with E-state index in [9.17, 15) is 4.79 Å². The molecule has 23 heavy (non-hydrogen) atoms. The topological polar surface area (TPSA) is 76.2 Å². The number of aromatic amines is 1. The van der Waals surface area contributed by atoms with Crippen LogP contribution >= 0.6 is 28.1 Å². The molecule has 0 radical (unpaired) electrons. The molecule has 0 amide bonds. The van der Waals surface area contributed by atoms with Crippen LogP contribution in [-0.2, 0) is 0 Å². The maximum absolute atomic E-state index is 11.9. The number of aryl methyl sites for hydroxylation is 1. The molecule has 2 aromatic heterocycles. The average molecular weight is 391 g/mol. The molecule has 0 saturated heterocycles. The SMILES string of the molecule is Cc1n[nH]c(=S)n(/N=C\c2ccc(-c3ccc(Br)cc3)o2)c1=O. The lowest BCUT2D eigenvalue weighted by molar-refractivity contribution is 0.573. The van der Waals surface area contributed by atoms with E-state index < -0.39 is 0 Å². The second-order valence-corrected chi connectivity index (χ2v) is 5.99. The Bertz CT molecular complexity index is 986. The van der Waals surface area contributed by atoms with Gasteiger partial charge < -0.3 is 4.42 Å². The Morgan fingerprint density at radius 3 is 2.78 bits per heavy atom. The summed E-state index contributed by atoms with van der Waals surface area (Å²) >= 11 is 8.40. The first-order valence-electron chi connectivity index (χ1n) is 6.63. The molecule has 2 heterocycles. The molecule has 0 unspecified atom stereocenters. The van der Waals surface area contributed by atoms with E-state index in [4.69, 9.17) is 16.6 Å². The second-order valence-electron chi connectivity index (χ2n) is 4.68. The molecular weight excluding hydrogens is 380 g/mol. The van der Waals surface area contributed by atoms with Crippen molar-refractivity contribution < 1.29 is 4.42 Å². The molecule has 0 spiro atoms. The van der Waals surface area contributed by atoms with E-state index in [1.807, 2.05) is 30.3 Å².